The second-order valence-electron chi connectivity index (χ2n) is 18.9. The number of aldehydes is 1. The summed E-state index contributed by atoms with van der Waals surface area (Å²) in [6.45, 7) is 13.3. The fourth-order valence-electron chi connectivity index (χ4n) is 7.98. The minimum absolute atomic E-state index is 0.000731. The van der Waals surface area contributed by atoms with E-state index < -0.39 is 22.4 Å². The Morgan fingerprint density at radius 1 is 1.04 bits per heavy atom. The Bertz CT molecular complexity index is 2230. The normalized spacial score (nSPS) is 18.9. The van der Waals surface area contributed by atoms with Gasteiger partial charge in [-0.15, -0.1) is 11.3 Å². The molecule has 19 heteroatoms. The van der Waals surface area contributed by atoms with Crippen molar-refractivity contribution in [3.63, 3.8) is 0 Å². The number of nitrogens with zero attached hydrogens (tertiary/aromatic N) is 6. The van der Waals surface area contributed by atoms with Crippen LogP contribution in [-0.2, 0) is 20.9 Å². The largest absolute Gasteiger partial charge is 0.495 e. The lowest BCUT2D eigenvalue weighted by atomic mass is 9.91. The van der Waals surface area contributed by atoms with Gasteiger partial charge >= 0.3 is 0 Å². The SMILES string of the molecule is CC(C)(SCC1CCCCC1)C(C=O)NC(=O)C1(F)CC1.CC1CCCN1C.CN=C(N=CN)/C(Cl)=C\Nc1ccc(C(=O)N2CCN(C)CC2)cc1OC.Cc1ncsc1-c1ccc(CNC=O)cc1. The van der Waals surface area contributed by atoms with E-state index in [9.17, 15) is 23.6 Å². The maximum absolute atomic E-state index is 13.7. The molecule has 0 radical (unpaired) electrons. The van der Waals surface area contributed by atoms with Gasteiger partial charge in [0.1, 0.15) is 17.1 Å². The minimum Gasteiger partial charge on any atom is -0.495 e. The highest BCUT2D eigenvalue weighted by molar-refractivity contribution is 8.00. The molecule has 71 heavy (non-hydrogen) atoms. The topological polar surface area (TPSA) is 187 Å². The van der Waals surface area contributed by atoms with Gasteiger partial charge in [0.05, 0.1) is 41.3 Å². The zero-order chi connectivity index (χ0) is 52.0. The highest BCUT2D eigenvalue weighted by atomic mass is 35.5. The third-order valence-corrected chi connectivity index (χ3v) is 16.0. The number of benzene rings is 2. The van der Waals surface area contributed by atoms with Crippen LogP contribution in [0.4, 0.5) is 10.1 Å². The molecule has 15 nitrogen and oxygen atoms in total. The summed E-state index contributed by atoms with van der Waals surface area (Å²) in [5.41, 5.74) is 9.99. The number of nitrogens with two attached hydrogens (primary N) is 1. The number of aryl methyl sites for hydroxylation is 1. The first-order valence-electron chi connectivity index (χ1n) is 24.4. The fraction of sp³-hybridized carbons (Fsp3) is 0.558. The van der Waals surface area contributed by atoms with E-state index in [2.05, 4.69) is 73.9 Å². The Morgan fingerprint density at radius 2 is 1.73 bits per heavy atom. The number of likely N-dealkylation sites (tertiary alicyclic amines) is 1. The molecule has 3 heterocycles. The molecule has 2 unspecified atom stereocenters. The number of aromatic nitrogens is 1. The van der Waals surface area contributed by atoms with Gasteiger partial charge in [-0.3, -0.25) is 19.4 Å². The summed E-state index contributed by atoms with van der Waals surface area (Å²) in [5, 5.41) is 8.57. The molecule has 2 saturated carbocycles. The number of ether oxygens (including phenoxy) is 1. The summed E-state index contributed by atoms with van der Waals surface area (Å²) >= 11 is 9.53. The van der Waals surface area contributed by atoms with Crippen molar-refractivity contribution in [2.75, 3.05) is 72.0 Å². The summed E-state index contributed by atoms with van der Waals surface area (Å²) < 4.78 is 18.7. The Balaban J connectivity index is 0.000000221. The molecule has 3 aromatic rings. The van der Waals surface area contributed by atoms with Crippen LogP contribution < -0.4 is 26.4 Å². The average molecular weight is 1040 g/mol. The molecule has 2 aliphatic heterocycles. The van der Waals surface area contributed by atoms with Gasteiger partial charge in [0.15, 0.2) is 11.5 Å². The quantitative estimate of drug-likeness (QED) is 0.0614. The number of likely N-dealkylation sites (N-methyl/N-ethyl adjacent to an activating group) is 1. The maximum Gasteiger partial charge on any atom is 0.258 e. The van der Waals surface area contributed by atoms with E-state index in [0.717, 1.165) is 61.9 Å². The molecule has 2 aliphatic carbocycles. The van der Waals surface area contributed by atoms with Crippen LogP contribution in [0.2, 0.25) is 0 Å². The van der Waals surface area contributed by atoms with Crippen LogP contribution in [0, 0.1) is 12.8 Å². The Labute approximate surface area is 434 Å². The van der Waals surface area contributed by atoms with Crippen molar-refractivity contribution in [2.45, 2.75) is 115 Å². The number of rotatable bonds is 16. The average Bonchev–Trinajstić information content (AvgIpc) is 3.82. The Hall–Kier alpha value is -4.88. The van der Waals surface area contributed by atoms with Crippen molar-refractivity contribution >= 4 is 77.1 Å². The maximum atomic E-state index is 13.7. The number of thiazole rings is 1. The van der Waals surface area contributed by atoms with Crippen molar-refractivity contribution in [3.05, 3.63) is 76.0 Å². The van der Waals surface area contributed by atoms with E-state index in [-0.39, 0.29) is 18.7 Å². The minimum atomic E-state index is -1.72. The summed E-state index contributed by atoms with van der Waals surface area (Å²) in [5.74, 6) is 1.93. The zero-order valence-corrected chi connectivity index (χ0v) is 45.2. The van der Waals surface area contributed by atoms with Crippen LogP contribution in [0.5, 0.6) is 5.75 Å². The Morgan fingerprint density at radius 3 is 2.25 bits per heavy atom. The standard InChI is InChI=1S/C18H25ClN6O2.C16H26FNO2S.C12H12N2OS.C6H13N/c1-21-17(23-12-20)14(19)11-22-15-5-4-13(10-16(15)27-3)18(26)25-8-6-24(2)7-9-25;1-15(2,21-11-12-6-4-3-5-7-12)13(10-19)18-14(20)16(17)8-9-16;1-9-12(16-8-14-9)11-4-2-10(3-5-11)6-13-7-15;1-6-4-3-5-7(6)2/h4-5,10-12,22H,6-9H2,1-3H3,(H2,20,21,23);10,12-13H,3-9,11H2,1-2H3,(H,18,20);2-5,7-8H,6H2,1H3,(H,13,15);6H,3-5H2,1-2H3/b14-11+;;;. The second kappa shape index (κ2) is 29.6. The van der Waals surface area contributed by atoms with Crippen molar-refractivity contribution < 1.29 is 28.3 Å². The van der Waals surface area contributed by atoms with E-state index in [1.165, 1.54) is 68.1 Å². The third kappa shape index (κ3) is 18.9. The van der Waals surface area contributed by atoms with Crippen LogP contribution >= 0.6 is 34.7 Å². The first-order chi connectivity index (χ1) is 34.0. The van der Waals surface area contributed by atoms with Crippen LogP contribution in [-0.4, -0.2) is 146 Å². The Kier molecular flexibility index (Phi) is 24.5. The second-order valence-corrected chi connectivity index (χ2v) is 21.8. The molecule has 4 aliphatic rings. The number of hydrogen-bond acceptors (Lipinski definition) is 12. The number of piperazine rings is 1. The fourth-order valence-corrected chi connectivity index (χ4v) is 10.3. The van der Waals surface area contributed by atoms with E-state index in [4.69, 9.17) is 22.1 Å². The molecule has 3 amide bonds. The summed E-state index contributed by atoms with van der Waals surface area (Å²) in [6, 6.07) is 13.6. The molecule has 390 valence electrons. The smallest absolute Gasteiger partial charge is 0.258 e. The number of carbonyl (C=O) groups excluding carboxylic acids is 4. The number of halogens is 2. The molecular weight excluding hydrogens is 963 g/mol. The summed E-state index contributed by atoms with van der Waals surface area (Å²) in [4.78, 5) is 65.7. The molecule has 7 rings (SSSR count). The van der Waals surface area contributed by atoms with Gasteiger partial charge in [-0.2, -0.15) is 11.8 Å². The van der Waals surface area contributed by atoms with Crippen LogP contribution in [0.3, 0.4) is 0 Å². The van der Waals surface area contributed by atoms with Gasteiger partial charge in [-0.25, -0.2) is 14.4 Å². The number of anilines is 1. The molecule has 4 fully saturated rings. The van der Waals surface area contributed by atoms with E-state index in [1.807, 2.05) is 43.3 Å². The summed E-state index contributed by atoms with van der Waals surface area (Å²) in [7, 11) is 7.36. The lowest BCUT2D eigenvalue weighted by Gasteiger charge is -2.33. The van der Waals surface area contributed by atoms with Gasteiger partial charge in [-0.05, 0) is 128 Å². The molecular formula is C52H76ClFN10O5S2. The van der Waals surface area contributed by atoms with E-state index >= 15 is 0 Å². The first-order valence-corrected chi connectivity index (χ1v) is 26.7. The number of methoxy groups -OCH3 is 1. The van der Waals surface area contributed by atoms with Gasteiger partial charge in [-0.1, -0.05) is 55.1 Å². The van der Waals surface area contributed by atoms with Crippen molar-refractivity contribution in [1.82, 2.24) is 30.3 Å². The highest BCUT2D eigenvalue weighted by Gasteiger charge is 2.52. The number of carbonyl (C=O) groups is 4. The monoisotopic (exact) mass is 1040 g/mol. The molecule has 2 aromatic carbocycles. The lowest BCUT2D eigenvalue weighted by molar-refractivity contribution is -0.130. The van der Waals surface area contributed by atoms with Crippen molar-refractivity contribution in [3.8, 4) is 16.2 Å². The van der Waals surface area contributed by atoms with E-state index in [1.54, 1.807) is 55.5 Å². The molecule has 0 bridgehead atoms. The van der Waals surface area contributed by atoms with Gasteiger partial charge in [0.2, 0.25) is 6.41 Å². The summed E-state index contributed by atoms with van der Waals surface area (Å²) in [6.07, 6.45) is 13.9. The molecule has 5 N–H and O–H groups in total. The molecule has 2 saturated heterocycles. The van der Waals surface area contributed by atoms with Crippen LogP contribution in [0.15, 0.2) is 69.2 Å². The molecule has 1 aromatic heterocycles. The van der Waals surface area contributed by atoms with Crippen LogP contribution in [0.25, 0.3) is 10.4 Å². The van der Waals surface area contributed by atoms with Gasteiger partial charge in [0, 0.05) is 62.3 Å². The number of amidine groups is 1. The van der Waals surface area contributed by atoms with Crippen molar-refractivity contribution in [2.24, 2.45) is 21.6 Å². The van der Waals surface area contributed by atoms with Gasteiger partial charge in [0.25, 0.3) is 11.8 Å². The highest BCUT2D eigenvalue weighted by Crippen LogP contribution is 2.41. The number of alkyl halides is 1. The zero-order valence-electron chi connectivity index (χ0n) is 42.8. The molecule has 0 spiro atoms. The molecule has 2 atom stereocenters. The number of amides is 3. The number of hydrogen-bond donors (Lipinski definition) is 4. The number of aliphatic imine (C=N–C) groups is 2. The van der Waals surface area contributed by atoms with Gasteiger partial charge < -0.3 is 45.9 Å². The predicted molar refractivity (Wildman–Crippen MR) is 291 cm³/mol. The number of nitrogens with one attached hydrogen (secondary N) is 3. The van der Waals surface area contributed by atoms with Crippen molar-refractivity contribution in [1.29, 1.82) is 0 Å². The van der Waals surface area contributed by atoms with E-state index in [0.29, 0.717) is 46.7 Å². The van der Waals surface area contributed by atoms with Crippen LogP contribution in [0.1, 0.15) is 100 Å². The first kappa shape index (κ1) is 58.7. The number of thioether (sulfide) groups is 1. The third-order valence-electron chi connectivity index (χ3n) is 13.1. The predicted octanol–water partition coefficient (Wildman–Crippen LogP) is 8.32. The lowest BCUT2D eigenvalue weighted by Crippen LogP contribution is -2.51.